The molecule has 2 fully saturated rings. The summed E-state index contributed by atoms with van der Waals surface area (Å²) in [6.07, 6.45) is 0.406. The minimum Gasteiger partial charge on any atom is -0.339 e. The molecule has 0 saturated carbocycles. The largest absolute Gasteiger partial charge is 0.339 e. The lowest BCUT2D eigenvalue weighted by Gasteiger charge is -2.48. The topological polar surface area (TPSA) is 111 Å². The number of carbonyl (C=O) groups excluding carboxylic acids is 1. The molecule has 2 aliphatic heterocycles. The van der Waals surface area contributed by atoms with Gasteiger partial charge in [0.15, 0.2) is 15.5 Å². The fraction of sp³-hybridized carbons (Fsp3) is 0.400. The first-order chi connectivity index (χ1) is 14.3. The summed E-state index contributed by atoms with van der Waals surface area (Å²) in [7, 11) is -1.64. The van der Waals surface area contributed by atoms with Gasteiger partial charge < -0.3 is 9.42 Å². The molecule has 1 spiro atoms. The van der Waals surface area contributed by atoms with Crippen LogP contribution in [-0.2, 0) is 16.9 Å². The molecule has 1 atom stereocenters. The first kappa shape index (κ1) is 19.0. The van der Waals surface area contributed by atoms with E-state index in [0.29, 0.717) is 23.8 Å². The lowest BCUT2D eigenvalue weighted by Crippen LogP contribution is -2.67. The van der Waals surface area contributed by atoms with E-state index in [2.05, 4.69) is 15.2 Å². The number of hydrogen-bond acceptors (Lipinski definition) is 7. The summed E-state index contributed by atoms with van der Waals surface area (Å²) in [6.45, 7) is 2.08. The van der Waals surface area contributed by atoms with Gasteiger partial charge in [0.05, 0.1) is 11.7 Å². The second-order valence-electron chi connectivity index (χ2n) is 8.00. The van der Waals surface area contributed by atoms with Crippen LogP contribution in [0.4, 0.5) is 0 Å². The molecule has 2 aromatic heterocycles. The third kappa shape index (κ3) is 2.70. The summed E-state index contributed by atoms with van der Waals surface area (Å²) in [5.41, 5.74) is 1.98. The van der Waals surface area contributed by atoms with Crippen LogP contribution in [0.25, 0.3) is 11.4 Å². The molecule has 0 aliphatic carbocycles. The van der Waals surface area contributed by atoms with Crippen LogP contribution in [0.5, 0.6) is 0 Å². The monoisotopic (exact) mass is 427 g/mol. The summed E-state index contributed by atoms with van der Waals surface area (Å²) in [5, 5.41) is 8.26. The fourth-order valence-electron chi connectivity index (χ4n) is 4.37. The van der Waals surface area contributed by atoms with Crippen LogP contribution in [0.2, 0.25) is 0 Å². The van der Waals surface area contributed by atoms with Crippen LogP contribution in [0.15, 0.2) is 40.9 Å². The molecule has 1 amide bonds. The van der Waals surface area contributed by atoms with Crippen LogP contribution in [-0.4, -0.2) is 62.7 Å². The standard InChI is InChI=1S/C20H21N5O4S/c1-13-10-16(22-24(13)2)19(26)25-11-20(12-25)15(8-9-30(20,27)28)18-21-17(23-29-18)14-6-4-3-5-7-14/h3-7,10,15H,8-9,11-12H2,1-2H3. The van der Waals surface area contributed by atoms with Gasteiger partial charge in [0.1, 0.15) is 4.75 Å². The van der Waals surface area contributed by atoms with Gasteiger partial charge in [-0.1, -0.05) is 35.5 Å². The smallest absolute Gasteiger partial charge is 0.274 e. The lowest BCUT2D eigenvalue weighted by molar-refractivity contribution is 0.0497. The molecule has 9 nitrogen and oxygen atoms in total. The first-order valence-electron chi connectivity index (χ1n) is 9.72. The van der Waals surface area contributed by atoms with Crippen molar-refractivity contribution in [3.63, 3.8) is 0 Å². The third-order valence-corrected chi connectivity index (χ3v) is 8.79. The Morgan fingerprint density at radius 2 is 1.97 bits per heavy atom. The van der Waals surface area contributed by atoms with E-state index in [-0.39, 0.29) is 24.7 Å². The number of likely N-dealkylation sites (tertiary alicyclic amines) is 1. The summed E-state index contributed by atoms with van der Waals surface area (Å²) >= 11 is 0. The number of sulfone groups is 1. The number of aryl methyl sites for hydroxylation is 2. The summed E-state index contributed by atoms with van der Waals surface area (Å²) < 4.78 is 31.9. The summed E-state index contributed by atoms with van der Waals surface area (Å²) in [4.78, 5) is 18.8. The number of benzene rings is 1. The molecular formula is C20H21N5O4S. The van der Waals surface area contributed by atoms with E-state index in [1.165, 1.54) is 4.90 Å². The highest BCUT2D eigenvalue weighted by molar-refractivity contribution is 7.93. The molecule has 3 aromatic rings. The van der Waals surface area contributed by atoms with E-state index < -0.39 is 20.5 Å². The molecule has 10 heteroatoms. The SMILES string of the molecule is Cc1cc(C(=O)N2CC3(C2)C(c2nc(-c4ccccc4)no2)CCS3(=O)=O)nn1C. The van der Waals surface area contributed by atoms with Gasteiger partial charge in [-0.25, -0.2) is 8.42 Å². The highest BCUT2D eigenvalue weighted by Crippen LogP contribution is 2.49. The fourth-order valence-corrected chi connectivity index (χ4v) is 6.68. The molecule has 2 saturated heterocycles. The molecule has 0 radical (unpaired) electrons. The van der Waals surface area contributed by atoms with Crippen molar-refractivity contribution in [2.75, 3.05) is 18.8 Å². The van der Waals surface area contributed by atoms with E-state index in [1.54, 1.807) is 17.8 Å². The molecule has 4 heterocycles. The molecule has 0 bridgehead atoms. The van der Waals surface area contributed by atoms with Gasteiger partial charge in [0, 0.05) is 31.4 Å². The lowest BCUT2D eigenvalue weighted by atomic mass is 9.83. The maximum absolute atomic E-state index is 12.9. The van der Waals surface area contributed by atoms with E-state index in [0.717, 1.165) is 11.3 Å². The molecule has 0 N–H and O–H groups in total. The Hall–Kier alpha value is -3.01. The van der Waals surface area contributed by atoms with Crippen molar-refractivity contribution in [1.82, 2.24) is 24.8 Å². The molecule has 1 aromatic carbocycles. The molecule has 30 heavy (non-hydrogen) atoms. The van der Waals surface area contributed by atoms with Crippen molar-refractivity contribution >= 4 is 15.7 Å². The van der Waals surface area contributed by atoms with E-state index >= 15 is 0 Å². The average molecular weight is 427 g/mol. The molecule has 5 rings (SSSR count). The average Bonchev–Trinajstić information content (AvgIpc) is 3.37. The van der Waals surface area contributed by atoms with Gasteiger partial charge in [-0.05, 0) is 19.4 Å². The van der Waals surface area contributed by atoms with E-state index in [9.17, 15) is 13.2 Å². The van der Waals surface area contributed by atoms with Crippen molar-refractivity contribution in [3.8, 4) is 11.4 Å². The minimum absolute atomic E-state index is 0.0471. The third-order valence-electron chi connectivity index (χ3n) is 6.24. The minimum atomic E-state index is -3.40. The van der Waals surface area contributed by atoms with Crippen molar-refractivity contribution < 1.29 is 17.7 Å². The summed E-state index contributed by atoms with van der Waals surface area (Å²) in [5.74, 6) is 0.102. The Balaban J connectivity index is 1.41. The second kappa shape index (κ2) is 6.49. The van der Waals surface area contributed by atoms with Crippen molar-refractivity contribution in [2.24, 2.45) is 7.05 Å². The van der Waals surface area contributed by atoms with Crippen LogP contribution in [0.3, 0.4) is 0 Å². The highest BCUT2D eigenvalue weighted by Gasteiger charge is 2.64. The number of rotatable bonds is 3. The zero-order valence-electron chi connectivity index (χ0n) is 16.6. The Bertz CT molecular complexity index is 1210. The zero-order valence-corrected chi connectivity index (χ0v) is 17.5. The van der Waals surface area contributed by atoms with Crippen molar-refractivity contribution in [2.45, 2.75) is 24.0 Å². The number of nitrogens with zero attached hydrogens (tertiary/aromatic N) is 5. The van der Waals surface area contributed by atoms with Crippen molar-refractivity contribution in [1.29, 1.82) is 0 Å². The Morgan fingerprint density at radius 1 is 1.23 bits per heavy atom. The number of carbonyl (C=O) groups is 1. The maximum atomic E-state index is 12.9. The van der Waals surface area contributed by atoms with Gasteiger partial charge in [0.25, 0.3) is 5.91 Å². The van der Waals surface area contributed by atoms with Crippen LogP contribution in [0.1, 0.15) is 34.4 Å². The molecule has 1 unspecified atom stereocenters. The van der Waals surface area contributed by atoms with Gasteiger partial charge in [-0.3, -0.25) is 9.48 Å². The van der Waals surface area contributed by atoms with Crippen LogP contribution < -0.4 is 0 Å². The first-order valence-corrected chi connectivity index (χ1v) is 11.4. The predicted molar refractivity (Wildman–Crippen MR) is 107 cm³/mol. The van der Waals surface area contributed by atoms with Crippen LogP contribution in [0, 0.1) is 6.92 Å². The molecular weight excluding hydrogens is 406 g/mol. The Morgan fingerprint density at radius 3 is 2.63 bits per heavy atom. The number of amides is 1. The number of hydrogen-bond donors (Lipinski definition) is 0. The van der Waals surface area contributed by atoms with Gasteiger partial charge >= 0.3 is 0 Å². The van der Waals surface area contributed by atoms with Crippen molar-refractivity contribution in [3.05, 3.63) is 53.7 Å². The van der Waals surface area contributed by atoms with Gasteiger partial charge in [-0.2, -0.15) is 10.1 Å². The van der Waals surface area contributed by atoms with Crippen LogP contribution >= 0.6 is 0 Å². The quantitative estimate of drug-likeness (QED) is 0.624. The number of aromatic nitrogens is 4. The Kier molecular flexibility index (Phi) is 4.11. The summed E-state index contributed by atoms with van der Waals surface area (Å²) in [6, 6.07) is 11.1. The maximum Gasteiger partial charge on any atom is 0.274 e. The predicted octanol–water partition coefficient (Wildman–Crippen LogP) is 1.58. The van der Waals surface area contributed by atoms with Gasteiger partial charge in [0.2, 0.25) is 11.7 Å². The second-order valence-corrected chi connectivity index (χ2v) is 10.5. The normalized spacial score (nSPS) is 21.7. The van der Waals surface area contributed by atoms with Gasteiger partial charge in [-0.15, -0.1) is 0 Å². The zero-order chi connectivity index (χ0) is 21.1. The molecule has 2 aliphatic rings. The molecule has 156 valence electrons. The van der Waals surface area contributed by atoms with E-state index in [1.807, 2.05) is 37.3 Å². The van der Waals surface area contributed by atoms with E-state index in [4.69, 9.17) is 4.52 Å². The highest BCUT2D eigenvalue weighted by atomic mass is 32.2. The Labute approximate surface area is 173 Å².